The maximum Gasteiger partial charge on any atom is 0.303 e. The van der Waals surface area contributed by atoms with Gasteiger partial charge in [0.1, 0.15) is 0 Å². The monoisotopic (exact) mass is 316 g/mol. The van der Waals surface area contributed by atoms with E-state index in [-0.39, 0.29) is 18.4 Å². The van der Waals surface area contributed by atoms with E-state index in [1.807, 2.05) is 12.1 Å². The number of hydrogen-bond acceptors (Lipinski definition) is 3. The average Bonchev–Trinajstić information content (AvgIpc) is 2.82. The lowest BCUT2D eigenvalue weighted by Gasteiger charge is -1.97. The molecule has 3 N–H and O–H groups in total. The smallest absolute Gasteiger partial charge is 0.303 e. The van der Waals surface area contributed by atoms with Crippen molar-refractivity contribution in [1.82, 2.24) is 10.2 Å². The van der Waals surface area contributed by atoms with Crippen molar-refractivity contribution < 1.29 is 9.90 Å². The maximum absolute atomic E-state index is 11.5. The van der Waals surface area contributed by atoms with Crippen LogP contribution in [0.3, 0.4) is 0 Å². The predicted molar refractivity (Wildman–Crippen MR) is 68.4 cm³/mol. The van der Waals surface area contributed by atoms with Gasteiger partial charge >= 0.3 is 5.97 Å². The quantitative estimate of drug-likeness (QED) is 0.808. The molecule has 0 amide bonds. The first-order valence-electron chi connectivity index (χ1n) is 4.85. The van der Waals surface area contributed by atoms with E-state index < -0.39 is 5.97 Å². The number of carboxylic acids is 1. The van der Waals surface area contributed by atoms with E-state index in [0.29, 0.717) is 11.3 Å². The van der Waals surface area contributed by atoms with E-state index >= 15 is 0 Å². The van der Waals surface area contributed by atoms with Gasteiger partial charge in [-0.1, -0.05) is 0 Å². The van der Waals surface area contributed by atoms with E-state index in [1.54, 1.807) is 0 Å². The van der Waals surface area contributed by atoms with Crippen LogP contribution in [-0.4, -0.2) is 21.3 Å². The summed E-state index contributed by atoms with van der Waals surface area (Å²) < 4.78 is 0.957. The van der Waals surface area contributed by atoms with Crippen LogP contribution in [0.5, 0.6) is 0 Å². The van der Waals surface area contributed by atoms with Crippen LogP contribution in [0.15, 0.2) is 20.7 Å². The van der Waals surface area contributed by atoms with Gasteiger partial charge in [0.05, 0.1) is 14.4 Å². The Labute approximate surface area is 109 Å². The highest BCUT2D eigenvalue weighted by Gasteiger charge is 2.14. The first kappa shape index (κ1) is 12.1. The van der Waals surface area contributed by atoms with Gasteiger partial charge in [-0.15, -0.1) is 11.3 Å². The minimum Gasteiger partial charge on any atom is -0.481 e. The normalized spacial score (nSPS) is 10.6. The number of H-pyrrole nitrogens is 2. The minimum atomic E-state index is -0.913. The van der Waals surface area contributed by atoms with Crippen molar-refractivity contribution in [1.29, 1.82) is 0 Å². The van der Waals surface area contributed by atoms with Gasteiger partial charge in [-0.2, -0.15) is 0 Å². The lowest BCUT2D eigenvalue weighted by Crippen LogP contribution is -2.08. The van der Waals surface area contributed by atoms with Gasteiger partial charge in [-0.3, -0.25) is 19.8 Å². The van der Waals surface area contributed by atoms with Crippen molar-refractivity contribution in [3.8, 4) is 10.6 Å². The number of aromatic amines is 2. The molecule has 0 aliphatic carbocycles. The molecule has 0 atom stereocenters. The molecule has 0 unspecified atom stereocenters. The summed E-state index contributed by atoms with van der Waals surface area (Å²) in [6, 6.07) is 3.75. The number of aliphatic carboxylic acids is 1. The number of carbonyl (C=O) groups is 1. The van der Waals surface area contributed by atoms with Crippen molar-refractivity contribution in [2.45, 2.75) is 12.8 Å². The third-order valence-corrected chi connectivity index (χ3v) is 3.93. The topological polar surface area (TPSA) is 85.9 Å². The summed E-state index contributed by atoms with van der Waals surface area (Å²) in [5.74, 6) is -0.913. The molecule has 5 nitrogen and oxygen atoms in total. The Balaban J connectivity index is 2.35. The van der Waals surface area contributed by atoms with Crippen LogP contribution in [0.25, 0.3) is 10.6 Å². The van der Waals surface area contributed by atoms with E-state index in [4.69, 9.17) is 5.11 Å². The van der Waals surface area contributed by atoms with E-state index in [1.165, 1.54) is 11.3 Å². The van der Waals surface area contributed by atoms with Crippen molar-refractivity contribution in [2.24, 2.45) is 0 Å². The number of carboxylic acid groups (broad SMARTS) is 1. The summed E-state index contributed by atoms with van der Waals surface area (Å²) in [6.07, 6.45) is 0.166. The molecule has 0 radical (unpaired) electrons. The largest absolute Gasteiger partial charge is 0.481 e. The first-order chi connectivity index (χ1) is 8.08. The highest BCUT2D eigenvalue weighted by molar-refractivity contribution is 9.11. The van der Waals surface area contributed by atoms with Crippen LogP contribution >= 0.6 is 27.3 Å². The molecule has 2 aromatic heterocycles. The SMILES string of the molecule is O=C(O)CCc1c(-c2ccc(Br)s2)[nH][nH]c1=O. The molecule has 0 saturated heterocycles. The second-order valence-corrected chi connectivity index (χ2v) is 5.89. The fraction of sp³-hybridized carbons (Fsp3) is 0.200. The Bertz CT molecular complexity index is 599. The van der Waals surface area contributed by atoms with Gasteiger partial charge < -0.3 is 5.11 Å². The van der Waals surface area contributed by atoms with Crippen molar-refractivity contribution in [3.05, 3.63) is 31.8 Å². The Hall–Kier alpha value is -1.34. The van der Waals surface area contributed by atoms with Crippen LogP contribution in [0, 0.1) is 0 Å². The Kier molecular flexibility index (Phi) is 3.49. The maximum atomic E-state index is 11.5. The zero-order chi connectivity index (χ0) is 12.4. The summed E-state index contributed by atoms with van der Waals surface area (Å²) >= 11 is 4.83. The molecule has 0 spiro atoms. The molecule has 17 heavy (non-hydrogen) atoms. The van der Waals surface area contributed by atoms with E-state index in [9.17, 15) is 9.59 Å². The fourth-order valence-electron chi connectivity index (χ4n) is 1.51. The average molecular weight is 317 g/mol. The summed E-state index contributed by atoms with van der Waals surface area (Å²) in [5.41, 5.74) is 0.902. The molecule has 0 bridgehead atoms. The second kappa shape index (κ2) is 4.89. The predicted octanol–water partition coefficient (Wildman–Crippen LogP) is 2.21. The molecule has 0 aliphatic rings. The van der Waals surface area contributed by atoms with Crippen molar-refractivity contribution in [3.63, 3.8) is 0 Å². The highest BCUT2D eigenvalue weighted by Crippen LogP contribution is 2.31. The van der Waals surface area contributed by atoms with E-state index in [2.05, 4.69) is 26.1 Å². The number of thiophene rings is 1. The number of halogens is 1. The summed E-state index contributed by atoms with van der Waals surface area (Å²) in [5, 5.41) is 13.9. The van der Waals surface area contributed by atoms with Crippen LogP contribution in [-0.2, 0) is 11.2 Å². The molecule has 2 heterocycles. The lowest BCUT2D eigenvalue weighted by molar-refractivity contribution is -0.136. The molecule has 0 fully saturated rings. The molecular formula is C10H9BrN2O3S. The minimum absolute atomic E-state index is 0.0551. The Morgan fingerprint density at radius 3 is 2.76 bits per heavy atom. The van der Waals surface area contributed by atoms with Gasteiger partial charge in [0.15, 0.2) is 0 Å². The molecule has 2 aromatic rings. The number of rotatable bonds is 4. The van der Waals surface area contributed by atoms with Crippen molar-refractivity contribution in [2.75, 3.05) is 0 Å². The van der Waals surface area contributed by atoms with Gasteiger partial charge in [-0.05, 0) is 34.5 Å². The standard InChI is InChI=1S/C10H9BrN2O3S/c11-7-3-2-6(17-7)9-5(1-4-8(14)15)10(16)13-12-9/h2-3H,1,4H2,(H,14,15)(H2,12,13,16). The lowest BCUT2D eigenvalue weighted by atomic mass is 10.1. The first-order valence-corrected chi connectivity index (χ1v) is 6.46. The van der Waals surface area contributed by atoms with Crippen molar-refractivity contribution >= 4 is 33.2 Å². The third-order valence-electron chi connectivity index (χ3n) is 2.29. The molecule has 0 aromatic carbocycles. The fourth-order valence-corrected chi connectivity index (χ4v) is 2.93. The number of aromatic nitrogens is 2. The molecule has 90 valence electrons. The number of hydrogen-bond donors (Lipinski definition) is 3. The highest BCUT2D eigenvalue weighted by atomic mass is 79.9. The zero-order valence-electron chi connectivity index (χ0n) is 8.62. The van der Waals surface area contributed by atoms with Gasteiger partial charge in [0.25, 0.3) is 5.56 Å². The van der Waals surface area contributed by atoms with Gasteiger partial charge in [0, 0.05) is 12.0 Å². The van der Waals surface area contributed by atoms with Gasteiger partial charge in [-0.25, -0.2) is 0 Å². The van der Waals surface area contributed by atoms with Crippen LogP contribution in [0.2, 0.25) is 0 Å². The summed E-state index contributed by atoms with van der Waals surface area (Å²) in [4.78, 5) is 23.0. The molecule has 0 saturated carbocycles. The molecule has 7 heteroatoms. The zero-order valence-corrected chi connectivity index (χ0v) is 11.0. The van der Waals surface area contributed by atoms with Crippen LogP contribution in [0.1, 0.15) is 12.0 Å². The molecule has 2 rings (SSSR count). The Morgan fingerprint density at radius 2 is 2.18 bits per heavy atom. The number of nitrogens with one attached hydrogen (secondary N) is 2. The van der Waals surface area contributed by atoms with Crippen LogP contribution in [0.4, 0.5) is 0 Å². The molecular weight excluding hydrogens is 308 g/mol. The third kappa shape index (κ3) is 2.67. The van der Waals surface area contributed by atoms with Crippen LogP contribution < -0.4 is 5.56 Å². The molecule has 0 aliphatic heterocycles. The summed E-state index contributed by atoms with van der Waals surface area (Å²) in [7, 11) is 0. The van der Waals surface area contributed by atoms with Gasteiger partial charge in [0.2, 0.25) is 0 Å². The Morgan fingerprint density at radius 1 is 1.41 bits per heavy atom. The summed E-state index contributed by atoms with van der Waals surface area (Å²) in [6.45, 7) is 0. The van der Waals surface area contributed by atoms with E-state index in [0.717, 1.165) is 8.66 Å². The second-order valence-electron chi connectivity index (χ2n) is 3.43.